The van der Waals surface area contributed by atoms with Crippen LogP contribution >= 0.6 is 0 Å². The molecule has 2 N–H and O–H groups in total. The van der Waals surface area contributed by atoms with Crippen molar-refractivity contribution in [1.82, 2.24) is 4.98 Å². The molecule has 4 nitrogen and oxygen atoms in total. The van der Waals surface area contributed by atoms with Crippen LogP contribution in [0.15, 0.2) is 30.3 Å². The lowest BCUT2D eigenvalue weighted by atomic mass is 10.1. The lowest BCUT2D eigenvalue weighted by Crippen LogP contribution is -2.12. The number of nitriles is 1. The van der Waals surface area contributed by atoms with Gasteiger partial charge in [-0.15, -0.1) is 0 Å². The number of hydrogen-bond donors (Lipinski definition) is 1. The monoisotopic (exact) mass is 252 g/mol. The first-order chi connectivity index (χ1) is 9.02. The summed E-state index contributed by atoms with van der Waals surface area (Å²) in [5.41, 5.74) is 10.0. The Kier molecular flexibility index (Phi) is 3.39. The predicted molar refractivity (Wildman–Crippen MR) is 77.9 cm³/mol. The smallest absolute Gasteiger partial charge is 0.144 e. The van der Waals surface area contributed by atoms with Crippen LogP contribution in [-0.4, -0.2) is 19.1 Å². The highest BCUT2D eigenvalue weighted by Crippen LogP contribution is 2.28. The van der Waals surface area contributed by atoms with Gasteiger partial charge >= 0.3 is 0 Å². The summed E-state index contributed by atoms with van der Waals surface area (Å²) in [6, 6.07) is 12.1. The SMILES string of the molecule is Cc1ccc(-c2cc(N(C)C)c(C#N)c(N)n2)cc1. The predicted octanol–water partition coefficient (Wildman–Crippen LogP) is 2.58. The molecule has 2 rings (SSSR count). The molecule has 0 atom stereocenters. The molecule has 4 heteroatoms. The zero-order chi connectivity index (χ0) is 14.0. The van der Waals surface area contributed by atoms with Crippen LogP contribution in [0, 0.1) is 18.3 Å². The van der Waals surface area contributed by atoms with Gasteiger partial charge in [0.25, 0.3) is 0 Å². The molecule has 0 aliphatic carbocycles. The Morgan fingerprint density at radius 3 is 2.37 bits per heavy atom. The minimum atomic E-state index is 0.268. The number of hydrogen-bond acceptors (Lipinski definition) is 4. The maximum atomic E-state index is 9.15. The van der Waals surface area contributed by atoms with Gasteiger partial charge in [0, 0.05) is 19.7 Å². The molecule has 0 bridgehead atoms. The maximum absolute atomic E-state index is 9.15. The number of nitrogen functional groups attached to an aromatic ring is 1. The van der Waals surface area contributed by atoms with E-state index in [9.17, 15) is 0 Å². The van der Waals surface area contributed by atoms with Gasteiger partial charge in [-0.1, -0.05) is 29.8 Å². The highest BCUT2D eigenvalue weighted by atomic mass is 15.1. The van der Waals surface area contributed by atoms with E-state index in [1.165, 1.54) is 5.56 Å². The van der Waals surface area contributed by atoms with E-state index in [1.54, 1.807) is 0 Å². The maximum Gasteiger partial charge on any atom is 0.144 e. The van der Waals surface area contributed by atoms with E-state index in [-0.39, 0.29) is 5.82 Å². The molecule has 0 unspecified atom stereocenters. The topological polar surface area (TPSA) is 65.9 Å². The van der Waals surface area contributed by atoms with Gasteiger partial charge in [-0.3, -0.25) is 0 Å². The van der Waals surface area contributed by atoms with Crippen LogP contribution < -0.4 is 10.6 Å². The fourth-order valence-electron chi connectivity index (χ4n) is 1.89. The Morgan fingerprint density at radius 2 is 1.84 bits per heavy atom. The van der Waals surface area contributed by atoms with Gasteiger partial charge in [-0.25, -0.2) is 4.98 Å². The molecule has 0 fully saturated rings. The largest absolute Gasteiger partial charge is 0.383 e. The highest BCUT2D eigenvalue weighted by Gasteiger charge is 2.12. The summed E-state index contributed by atoms with van der Waals surface area (Å²) in [6.45, 7) is 2.04. The first-order valence-electron chi connectivity index (χ1n) is 5.98. The second kappa shape index (κ2) is 4.99. The summed E-state index contributed by atoms with van der Waals surface area (Å²) in [4.78, 5) is 6.18. The van der Waals surface area contributed by atoms with Gasteiger partial charge in [-0.05, 0) is 13.0 Å². The fourth-order valence-corrected chi connectivity index (χ4v) is 1.89. The summed E-state index contributed by atoms with van der Waals surface area (Å²) in [7, 11) is 3.77. The quantitative estimate of drug-likeness (QED) is 0.892. The number of anilines is 2. The average molecular weight is 252 g/mol. The third kappa shape index (κ3) is 2.50. The van der Waals surface area contributed by atoms with E-state index < -0.39 is 0 Å². The van der Waals surface area contributed by atoms with E-state index in [4.69, 9.17) is 11.0 Å². The molecule has 0 radical (unpaired) electrons. The molecular formula is C15H16N4. The Balaban J connectivity index is 2.60. The van der Waals surface area contributed by atoms with Crippen LogP contribution in [-0.2, 0) is 0 Å². The molecule has 1 aromatic carbocycles. The Hall–Kier alpha value is -2.54. The molecule has 0 amide bonds. The number of pyridine rings is 1. The van der Waals surface area contributed by atoms with Crippen molar-refractivity contribution in [3.63, 3.8) is 0 Å². The van der Waals surface area contributed by atoms with E-state index in [2.05, 4.69) is 11.1 Å². The van der Waals surface area contributed by atoms with E-state index in [1.807, 2.05) is 56.3 Å². The third-order valence-electron chi connectivity index (χ3n) is 2.97. The Morgan fingerprint density at radius 1 is 1.21 bits per heavy atom. The van der Waals surface area contributed by atoms with Crippen molar-refractivity contribution < 1.29 is 0 Å². The first kappa shape index (κ1) is 12.9. The molecule has 0 saturated heterocycles. The summed E-state index contributed by atoms with van der Waals surface area (Å²) >= 11 is 0. The van der Waals surface area contributed by atoms with E-state index >= 15 is 0 Å². The zero-order valence-corrected chi connectivity index (χ0v) is 11.3. The van der Waals surface area contributed by atoms with Crippen molar-refractivity contribution in [2.75, 3.05) is 24.7 Å². The minimum absolute atomic E-state index is 0.268. The lowest BCUT2D eigenvalue weighted by Gasteiger charge is -2.16. The number of rotatable bonds is 2. The van der Waals surface area contributed by atoms with Gasteiger partial charge in [-0.2, -0.15) is 5.26 Å². The molecule has 19 heavy (non-hydrogen) atoms. The molecular weight excluding hydrogens is 236 g/mol. The van der Waals surface area contributed by atoms with Crippen molar-refractivity contribution in [3.05, 3.63) is 41.5 Å². The second-order valence-corrected chi connectivity index (χ2v) is 4.66. The van der Waals surface area contributed by atoms with Crippen LogP contribution in [0.4, 0.5) is 11.5 Å². The fraction of sp³-hybridized carbons (Fsp3) is 0.200. The van der Waals surface area contributed by atoms with Crippen molar-refractivity contribution in [1.29, 1.82) is 5.26 Å². The van der Waals surface area contributed by atoms with E-state index in [0.29, 0.717) is 5.56 Å². The van der Waals surface area contributed by atoms with Gasteiger partial charge in [0.2, 0.25) is 0 Å². The number of benzene rings is 1. The van der Waals surface area contributed by atoms with Gasteiger partial charge in [0.05, 0.1) is 11.4 Å². The number of aryl methyl sites for hydroxylation is 1. The highest BCUT2D eigenvalue weighted by molar-refractivity contribution is 5.74. The van der Waals surface area contributed by atoms with Gasteiger partial charge in [0.1, 0.15) is 17.5 Å². The number of nitrogens with zero attached hydrogens (tertiary/aromatic N) is 3. The summed E-state index contributed by atoms with van der Waals surface area (Å²) in [5.74, 6) is 0.268. The van der Waals surface area contributed by atoms with Crippen LogP contribution in [0.25, 0.3) is 11.3 Å². The molecule has 0 saturated carbocycles. The molecule has 1 heterocycles. The van der Waals surface area contributed by atoms with Crippen LogP contribution in [0.5, 0.6) is 0 Å². The van der Waals surface area contributed by atoms with Crippen molar-refractivity contribution in [2.45, 2.75) is 6.92 Å². The van der Waals surface area contributed by atoms with Gasteiger partial charge in [0.15, 0.2) is 0 Å². The number of nitrogens with two attached hydrogens (primary N) is 1. The van der Waals surface area contributed by atoms with Crippen LogP contribution in [0.3, 0.4) is 0 Å². The van der Waals surface area contributed by atoms with Crippen LogP contribution in [0.1, 0.15) is 11.1 Å². The van der Waals surface area contributed by atoms with Crippen LogP contribution in [0.2, 0.25) is 0 Å². The van der Waals surface area contributed by atoms with E-state index in [0.717, 1.165) is 16.9 Å². The summed E-state index contributed by atoms with van der Waals surface area (Å²) in [5, 5.41) is 9.15. The molecule has 0 aliphatic heterocycles. The summed E-state index contributed by atoms with van der Waals surface area (Å²) < 4.78 is 0. The Labute approximate surface area is 113 Å². The molecule has 2 aromatic rings. The normalized spacial score (nSPS) is 10.0. The molecule has 1 aromatic heterocycles. The number of aromatic nitrogens is 1. The van der Waals surface area contributed by atoms with Crippen molar-refractivity contribution >= 4 is 11.5 Å². The first-order valence-corrected chi connectivity index (χ1v) is 5.98. The second-order valence-electron chi connectivity index (χ2n) is 4.66. The minimum Gasteiger partial charge on any atom is -0.383 e. The lowest BCUT2D eigenvalue weighted by molar-refractivity contribution is 1.11. The third-order valence-corrected chi connectivity index (χ3v) is 2.97. The molecule has 0 aliphatic rings. The molecule has 0 spiro atoms. The average Bonchev–Trinajstić information content (AvgIpc) is 2.38. The summed E-state index contributed by atoms with van der Waals surface area (Å²) in [6.07, 6.45) is 0. The van der Waals surface area contributed by atoms with Gasteiger partial charge < -0.3 is 10.6 Å². The standard InChI is InChI=1S/C15H16N4/c1-10-4-6-11(7-5-10)13-8-14(19(2)3)12(9-16)15(17)18-13/h4-8H,1-3H3,(H2,17,18). The zero-order valence-electron chi connectivity index (χ0n) is 11.3. The van der Waals surface area contributed by atoms with Crippen molar-refractivity contribution in [3.8, 4) is 17.3 Å². The Bertz CT molecular complexity index is 636. The van der Waals surface area contributed by atoms with Crippen molar-refractivity contribution in [2.24, 2.45) is 0 Å². The molecule has 96 valence electrons.